The molecule has 2 rings (SSSR count). The summed E-state index contributed by atoms with van der Waals surface area (Å²) in [6.07, 6.45) is 6.56. The first-order valence-corrected chi connectivity index (χ1v) is 7.62. The Balaban J connectivity index is 1.89. The Kier molecular flexibility index (Phi) is 3.64. The third-order valence-corrected chi connectivity index (χ3v) is 6.91. The Labute approximate surface area is 94.9 Å². The van der Waals surface area contributed by atoms with Gasteiger partial charge >= 0.3 is 0 Å². The average molecular weight is 226 g/mol. The lowest BCUT2D eigenvalue weighted by Gasteiger charge is -2.25. The van der Waals surface area contributed by atoms with E-state index in [0.717, 1.165) is 17.4 Å². The third-order valence-electron chi connectivity index (χ3n) is 4.26. The van der Waals surface area contributed by atoms with Crippen LogP contribution in [0.25, 0.3) is 0 Å². The molecule has 2 nitrogen and oxygen atoms in total. The molecule has 2 aliphatic rings. The number of hydrogen-bond donors (Lipinski definition) is 0. The van der Waals surface area contributed by atoms with Crippen molar-refractivity contribution in [3.63, 3.8) is 0 Å². The standard InChI is InChI=1S/C12H22O2Si/c1-4-8-5-10-6-9(8)7-11(10)15-12(13-2)14-3/h4,9-12H,5-7,15H2,1-3H3. The molecule has 0 amide bonds. The van der Waals surface area contributed by atoms with Gasteiger partial charge in [-0.25, -0.2) is 0 Å². The van der Waals surface area contributed by atoms with Gasteiger partial charge in [0, 0.05) is 14.2 Å². The van der Waals surface area contributed by atoms with Crippen molar-refractivity contribution in [1.29, 1.82) is 0 Å². The largest absolute Gasteiger partial charge is 0.360 e. The molecular formula is C12H22O2Si. The summed E-state index contributed by atoms with van der Waals surface area (Å²) < 4.78 is 10.7. The second kappa shape index (κ2) is 4.81. The van der Waals surface area contributed by atoms with Crippen molar-refractivity contribution in [2.75, 3.05) is 14.2 Å². The highest BCUT2D eigenvalue weighted by molar-refractivity contribution is 6.39. The minimum atomic E-state index is -0.228. The molecular weight excluding hydrogens is 204 g/mol. The van der Waals surface area contributed by atoms with E-state index in [-0.39, 0.29) is 15.4 Å². The van der Waals surface area contributed by atoms with Crippen LogP contribution >= 0.6 is 0 Å². The first kappa shape index (κ1) is 11.4. The van der Waals surface area contributed by atoms with Gasteiger partial charge in [-0.15, -0.1) is 0 Å². The molecule has 86 valence electrons. The molecule has 0 aliphatic heterocycles. The van der Waals surface area contributed by atoms with Crippen LogP contribution in [0.5, 0.6) is 0 Å². The zero-order valence-corrected chi connectivity index (χ0v) is 11.4. The van der Waals surface area contributed by atoms with E-state index >= 15 is 0 Å². The second-order valence-electron chi connectivity index (χ2n) is 4.89. The lowest BCUT2D eigenvalue weighted by atomic mass is 9.94. The summed E-state index contributed by atoms with van der Waals surface area (Å²) in [6.45, 7) is 2.19. The summed E-state index contributed by atoms with van der Waals surface area (Å²) in [5.41, 5.74) is 2.68. The van der Waals surface area contributed by atoms with Crippen LogP contribution in [0, 0.1) is 11.8 Å². The molecule has 2 bridgehead atoms. The highest BCUT2D eigenvalue weighted by Crippen LogP contribution is 2.54. The summed E-state index contributed by atoms with van der Waals surface area (Å²) in [6, 6.07) is 0. The fraction of sp³-hybridized carbons (Fsp3) is 0.833. The van der Waals surface area contributed by atoms with Gasteiger partial charge in [-0.3, -0.25) is 0 Å². The van der Waals surface area contributed by atoms with E-state index in [9.17, 15) is 0 Å². The molecule has 0 aromatic rings. The lowest BCUT2D eigenvalue weighted by molar-refractivity contribution is -0.0452. The molecule has 15 heavy (non-hydrogen) atoms. The van der Waals surface area contributed by atoms with Crippen LogP contribution in [0.3, 0.4) is 0 Å². The van der Waals surface area contributed by atoms with Crippen LogP contribution in [0.2, 0.25) is 5.54 Å². The number of fused-ring (bicyclic) bond motifs is 2. The molecule has 0 saturated heterocycles. The summed E-state index contributed by atoms with van der Waals surface area (Å²) in [4.78, 5) is 0. The molecule has 2 fully saturated rings. The summed E-state index contributed by atoms with van der Waals surface area (Å²) >= 11 is 0. The number of ether oxygens (including phenoxy) is 2. The van der Waals surface area contributed by atoms with Crippen molar-refractivity contribution >= 4 is 9.52 Å². The minimum Gasteiger partial charge on any atom is -0.360 e. The molecule has 2 saturated carbocycles. The van der Waals surface area contributed by atoms with Crippen LogP contribution in [0.1, 0.15) is 26.2 Å². The van der Waals surface area contributed by atoms with Crippen LogP contribution in [0.4, 0.5) is 0 Å². The van der Waals surface area contributed by atoms with E-state index in [1.165, 1.54) is 19.3 Å². The summed E-state index contributed by atoms with van der Waals surface area (Å²) in [7, 11) is 3.31. The molecule has 0 aromatic heterocycles. The topological polar surface area (TPSA) is 18.5 Å². The normalized spacial score (nSPS) is 37.9. The van der Waals surface area contributed by atoms with Crippen molar-refractivity contribution in [2.45, 2.75) is 37.6 Å². The molecule has 0 aromatic carbocycles. The van der Waals surface area contributed by atoms with Crippen LogP contribution < -0.4 is 0 Å². The monoisotopic (exact) mass is 226 g/mol. The maximum absolute atomic E-state index is 5.35. The van der Waals surface area contributed by atoms with E-state index in [1.807, 2.05) is 0 Å². The number of hydrogen-bond acceptors (Lipinski definition) is 2. The molecule has 2 aliphatic carbocycles. The zero-order chi connectivity index (χ0) is 10.8. The van der Waals surface area contributed by atoms with Gasteiger partial charge in [-0.1, -0.05) is 11.6 Å². The predicted octanol–water partition coefficient (Wildman–Crippen LogP) is 1.90. The van der Waals surface area contributed by atoms with Crippen LogP contribution in [-0.2, 0) is 9.47 Å². The van der Waals surface area contributed by atoms with Crippen LogP contribution in [0.15, 0.2) is 11.6 Å². The molecule has 0 radical (unpaired) electrons. The van der Waals surface area contributed by atoms with Gasteiger partial charge in [-0.05, 0) is 43.6 Å². The Morgan fingerprint density at radius 3 is 2.53 bits per heavy atom. The van der Waals surface area contributed by atoms with E-state index in [0.29, 0.717) is 0 Å². The number of allylic oxidation sites excluding steroid dienone is 2. The fourth-order valence-corrected chi connectivity index (χ4v) is 5.63. The summed E-state index contributed by atoms with van der Waals surface area (Å²) in [5, 5.41) is 0. The van der Waals surface area contributed by atoms with Gasteiger partial charge in [0.05, 0.1) is 9.52 Å². The van der Waals surface area contributed by atoms with Crippen molar-refractivity contribution in [3.05, 3.63) is 11.6 Å². The number of rotatable bonds is 4. The van der Waals surface area contributed by atoms with Crippen molar-refractivity contribution in [2.24, 2.45) is 11.8 Å². The Hall–Kier alpha value is -0.123. The first-order valence-electron chi connectivity index (χ1n) is 5.99. The second-order valence-corrected chi connectivity index (χ2v) is 7.08. The molecule has 0 N–H and O–H groups in total. The van der Waals surface area contributed by atoms with E-state index in [1.54, 1.807) is 19.8 Å². The fourth-order valence-electron chi connectivity index (χ4n) is 3.41. The maximum Gasteiger partial charge on any atom is 0.134 e. The van der Waals surface area contributed by atoms with Gasteiger partial charge < -0.3 is 9.47 Å². The Morgan fingerprint density at radius 1 is 1.33 bits per heavy atom. The molecule has 3 heteroatoms. The van der Waals surface area contributed by atoms with E-state index in [2.05, 4.69) is 13.0 Å². The SMILES string of the molecule is CC=C1CC2CC1CC2[SiH2]C(OC)OC. The third kappa shape index (κ3) is 2.19. The number of methoxy groups -OCH3 is 2. The first-order chi connectivity index (χ1) is 7.28. The van der Waals surface area contributed by atoms with Gasteiger partial charge in [-0.2, -0.15) is 0 Å². The van der Waals surface area contributed by atoms with Gasteiger partial charge in [0.15, 0.2) is 0 Å². The summed E-state index contributed by atoms with van der Waals surface area (Å²) in [5.74, 6) is 2.01. The smallest absolute Gasteiger partial charge is 0.134 e. The zero-order valence-electron chi connectivity index (χ0n) is 10.0. The van der Waals surface area contributed by atoms with Crippen LogP contribution in [-0.4, -0.2) is 29.7 Å². The molecule has 3 unspecified atom stereocenters. The quantitative estimate of drug-likeness (QED) is 0.414. The van der Waals surface area contributed by atoms with Gasteiger partial charge in [0.2, 0.25) is 0 Å². The van der Waals surface area contributed by atoms with Crippen molar-refractivity contribution in [3.8, 4) is 0 Å². The molecule has 0 heterocycles. The van der Waals surface area contributed by atoms with Crippen molar-refractivity contribution in [1.82, 2.24) is 0 Å². The maximum atomic E-state index is 5.35. The van der Waals surface area contributed by atoms with E-state index in [4.69, 9.17) is 9.47 Å². The average Bonchev–Trinajstić information content (AvgIpc) is 2.84. The Bertz CT molecular complexity index is 248. The molecule has 0 spiro atoms. The molecule has 3 atom stereocenters. The van der Waals surface area contributed by atoms with Crippen molar-refractivity contribution < 1.29 is 9.47 Å². The van der Waals surface area contributed by atoms with E-state index < -0.39 is 0 Å². The highest BCUT2D eigenvalue weighted by atomic mass is 28.2. The predicted molar refractivity (Wildman–Crippen MR) is 64.7 cm³/mol. The highest BCUT2D eigenvalue weighted by Gasteiger charge is 2.42. The Morgan fingerprint density at radius 2 is 2.07 bits per heavy atom. The van der Waals surface area contributed by atoms with Gasteiger partial charge in [0.25, 0.3) is 0 Å². The van der Waals surface area contributed by atoms with Gasteiger partial charge in [0.1, 0.15) is 5.91 Å². The lowest BCUT2D eigenvalue weighted by Crippen LogP contribution is -2.28. The minimum absolute atomic E-state index is 0.142.